The van der Waals surface area contributed by atoms with E-state index in [0.717, 1.165) is 10.6 Å². The maximum atomic E-state index is 12.5. The van der Waals surface area contributed by atoms with Gasteiger partial charge in [-0.25, -0.2) is 4.98 Å². The third-order valence-corrected chi connectivity index (χ3v) is 4.81. The Kier molecular flexibility index (Phi) is 6.25. The highest BCUT2D eigenvalue weighted by atomic mass is 32.1. The summed E-state index contributed by atoms with van der Waals surface area (Å²) < 4.78 is 39.6. The van der Waals surface area contributed by atoms with Crippen LogP contribution in [0.2, 0.25) is 0 Å². The molecule has 0 spiro atoms. The second-order valence-electron chi connectivity index (χ2n) is 5.91. The number of ether oxygens (including phenoxy) is 2. The summed E-state index contributed by atoms with van der Waals surface area (Å²) in [6, 6.07) is 8.17. The van der Waals surface area contributed by atoms with Crippen molar-refractivity contribution in [1.29, 1.82) is 0 Å². The van der Waals surface area contributed by atoms with E-state index in [0.29, 0.717) is 18.0 Å². The largest absolute Gasteiger partial charge is 0.493 e. The maximum absolute atomic E-state index is 12.5. The average molecular weight is 408 g/mol. The lowest BCUT2D eigenvalue weighted by Crippen LogP contribution is -2.27. The van der Waals surface area contributed by atoms with E-state index in [2.05, 4.69) is 9.72 Å². The van der Waals surface area contributed by atoms with Gasteiger partial charge in [0.15, 0.2) is 22.3 Å². The number of alkyl halides is 2. The molecule has 0 radical (unpaired) electrons. The smallest absolute Gasteiger partial charge is 0.387 e. The molecule has 0 aliphatic heterocycles. The van der Waals surface area contributed by atoms with Crippen molar-refractivity contribution in [2.75, 3.05) is 14.2 Å². The average Bonchev–Trinajstić information content (AvgIpc) is 3.34. The van der Waals surface area contributed by atoms with Crippen LogP contribution in [0.25, 0.3) is 10.8 Å². The summed E-state index contributed by atoms with van der Waals surface area (Å²) in [7, 11) is 3.03. The van der Waals surface area contributed by atoms with Gasteiger partial charge in [0.1, 0.15) is 0 Å². The topological polar surface area (TPSA) is 64.8 Å². The standard InChI is InChI=1S/C19H18F2N2O4S/c1-23(10-12-5-6-14(27-19(20)21)16(8-12)25-2)17(24)9-13-11-28-18(22-13)15-4-3-7-26-15/h3-8,11,19H,9-10H2,1-2H3. The molecule has 0 aliphatic rings. The zero-order valence-corrected chi connectivity index (χ0v) is 16.0. The Bertz CT molecular complexity index is 928. The van der Waals surface area contributed by atoms with Crippen molar-refractivity contribution < 1.29 is 27.5 Å². The van der Waals surface area contributed by atoms with Crippen molar-refractivity contribution in [2.24, 2.45) is 0 Å². The molecule has 0 saturated heterocycles. The summed E-state index contributed by atoms with van der Waals surface area (Å²) in [5.41, 5.74) is 1.38. The molecule has 0 unspecified atom stereocenters. The quantitative estimate of drug-likeness (QED) is 0.559. The lowest BCUT2D eigenvalue weighted by Gasteiger charge is -2.18. The van der Waals surface area contributed by atoms with Gasteiger partial charge >= 0.3 is 6.61 Å². The van der Waals surface area contributed by atoms with E-state index >= 15 is 0 Å². The zero-order valence-electron chi connectivity index (χ0n) is 15.2. The van der Waals surface area contributed by atoms with Crippen molar-refractivity contribution >= 4 is 17.2 Å². The third-order valence-electron chi connectivity index (χ3n) is 3.91. The van der Waals surface area contributed by atoms with Crippen LogP contribution in [0.15, 0.2) is 46.4 Å². The Morgan fingerprint density at radius 3 is 2.82 bits per heavy atom. The minimum absolute atomic E-state index is 0.0526. The minimum Gasteiger partial charge on any atom is -0.493 e. The number of benzene rings is 1. The van der Waals surface area contributed by atoms with Crippen LogP contribution in [0.5, 0.6) is 11.5 Å². The number of carbonyl (C=O) groups is 1. The first kappa shape index (κ1) is 19.8. The number of halogens is 2. The van der Waals surface area contributed by atoms with Crippen molar-refractivity contribution in [2.45, 2.75) is 19.6 Å². The highest BCUT2D eigenvalue weighted by molar-refractivity contribution is 7.13. The lowest BCUT2D eigenvalue weighted by molar-refractivity contribution is -0.129. The van der Waals surface area contributed by atoms with Crippen molar-refractivity contribution in [3.63, 3.8) is 0 Å². The molecule has 2 heterocycles. The molecule has 3 aromatic rings. The zero-order chi connectivity index (χ0) is 20.1. The molecular weight excluding hydrogens is 390 g/mol. The van der Waals surface area contributed by atoms with E-state index in [9.17, 15) is 13.6 Å². The number of hydrogen-bond donors (Lipinski definition) is 0. The molecule has 1 aromatic carbocycles. The molecule has 0 atom stereocenters. The molecule has 0 fully saturated rings. The normalized spacial score (nSPS) is 10.9. The number of aromatic nitrogens is 1. The summed E-state index contributed by atoms with van der Waals surface area (Å²) in [4.78, 5) is 18.4. The van der Waals surface area contributed by atoms with Crippen LogP contribution in [0, 0.1) is 0 Å². The molecule has 2 aromatic heterocycles. The monoisotopic (exact) mass is 408 g/mol. The molecule has 1 amide bonds. The molecule has 0 N–H and O–H groups in total. The molecule has 9 heteroatoms. The summed E-state index contributed by atoms with van der Waals surface area (Å²) in [5.74, 6) is 0.669. The summed E-state index contributed by atoms with van der Waals surface area (Å²) >= 11 is 1.41. The van der Waals surface area contributed by atoms with E-state index in [1.807, 2.05) is 11.4 Å². The van der Waals surface area contributed by atoms with Crippen LogP contribution < -0.4 is 9.47 Å². The third kappa shape index (κ3) is 4.86. The van der Waals surface area contributed by atoms with E-state index in [4.69, 9.17) is 9.15 Å². The van der Waals surface area contributed by atoms with Gasteiger partial charge in [0.05, 0.1) is 25.5 Å². The first-order valence-corrected chi connectivity index (χ1v) is 9.18. The Hall–Kier alpha value is -2.94. The number of nitrogens with zero attached hydrogens (tertiary/aromatic N) is 2. The van der Waals surface area contributed by atoms with Gasteiger partial charge in [-0.05, 0) is 29.8 Å². The SMILES string of the molecule is COc1cc(CN(C)C(=O)Cc2csc(-c3ccco3)n2)ccc1OC(F)F. The van der Waals surface area contributed by atoms with Crippen LogP contribution in [0.1, 0.15) is 11.3 Å². The molecule has 6 nitrogen and oxygen atoms in total. The number of hydrogen-bond acceptors (Lipinski definition) is 6. The number of thiazole rings is 1. The minimum atomic E-state index is -2.94. The molecule has 148 valence electrons. The van der Waals surface area contributed by atoms with Crippen LogP contribution in [0.3, 0.4) is 0 Å². The fourth-order valence-electron chi connectivity index (χ4n) is 2.56. The Labute approximate surface area is 164 Å². The predicted octanol–water partition coefficient (Wildman–Crippen LogP) is 4.21. The number of likely N-dealkylation sites (N-methyl/N-ethyl adjacent to an activating group) is 1. The van der Waals surface area contributed by atoms with Gasteiger partial charge in [0.2, 0.25) is 5.91 Å². The maximum Gasteiger partial charge on any atom is 0.387 e. The first-order valence-electron chi connectivity index (χ1n) is 8.30. The van der Waals surface area contributed by atoms with E-state index < -0.39 is 6.61 Å². The molecular formula is C19H18F2N2O4S. The molecule has 3 rings (SSSR count). The number of furan rings is 1. The highest BCUT2D eigenvalue weighted by Gasteiger charge is 2.16. The number of amides is 1. The molecule has 0 bridgehead atoms. The van der Waals surface area contributed by atoms with Gasteiger partial charge in [-0.3, -0.25) is 4.79 Å². The molecule has 0 saturated carbocycles. The fourth-order valence-corrected chi connectivity index (χ4v) is 3.34. The summed E-state index contributed by atoms with van der Waals surface area (Å²) in [6.07, 6.45) is 1.72. The van der Waals surface area contributed by atoms with Crippen molar-refractivity contribution in [3.05, 3.63) is 53.2 Å². The van der Waals surface area contributed by atoms with Gasteiger partial charge in [-0.2, -0.15) is 8.78 Å². The highest BCUT2D eigenvalue weighted by Crippen LogP contribution is 2.30. The van der Waals surface area contributed by atoms with Gasteiger partial charge < -0.3 is 18.8 Å². The van der Waals surface area contributed by atoms with Crippen LogP contribution in [-0.4, -0.2) is 36.6 Å². The fraction of sp³-hybridized carbons (Fsp3) is 0.263. The molecule has 0 aliphatic carbocycles. The van der Waals surface area contributed by atoms with Crippen LogP contribution >= 0.6 is 11.3 Å². The molecule has 28 heavy (non-hydrogen) atoms. The summed E-state index contributed by atoms with van der Waals surface area (Å²) in [5, 5.41) is 2.54. The van der Waals surface area contributed by atoms with Crippen molar-refractivity contribution in [1.82, 2.24) is 9.88 Å². The second kappa shape index (κ2) is 8.83. The Morgan fingerprint density at radius 1 is 1.32 bits per heavy atom. The van der Waals surface area contributed by atoms with E-state index in [1.54, 1.807) is 31.5 Å². The van der Waals surface area contributed by atoms with Crippen molar-refractivity contribution in [3.8, 4) is 22.3 Å². The Morgan fingerprint density at radius 2 is 2.14 bits per heavy atom. The van der Waals surface area contributed by atoms with Gasteiger partial charge in [0, 0.05) is 19.0 Å². The van der Waals surface area contributed by atoms with E-state index in [-0.39, 0.29) is 23.8 Å². The number of rotatable bonds is 8. The van der Waals surface area contributed by atoms with E-state index in [1.165, 1.54) is 29.4 Å². The number of methoxy groups -OCH3 is 1. The van der Waals surface area contributed by atoms with Gasteiger partial charge in [0.25, 0.3) is 0 Å². The van der Waals surface area contributed by atoms with Gasteiger partial charge in [-0.15, -0.1) is 11.3 Å². The number of carbonyl (C=O) groups excluding carboxylic acids is 1. The summed E-state index contributed by atoms with van der Waals surface area (Å²) in [6.45, 7) is -2.65. The lowest BCUT2D eigenvalue weighted by atomic mass is 10.2. The Balaban J connectivity index is 1.62. The van der Waals surface area contributed by atoms with Gasteiger partial charge in [-0.1, -0.05) is 6.07 Å². The van der Waals surface area contributed by atoms with Crippen LogP contribution in [0.4, 0.5) is 8.78 Å². The second-order valence-corrected chi connectivity index (χ2v) is 6.77. The van der Waals surface area contributed by atoms with Crippen LogP contribution in [-0.2, 0) is 17.8 Å². The first-order chi connectivity index (χ1) is 13.5. The predicted molar refractivity (Wildman–Crippen MR) is 99.6 cm³/mol.